The Morgan fingerprint density at radius 1 is 0.971 bits per heavy atom. The molecule has 0 saturated heterocycles. The Kier molecular flexibility index (Phi) is 5.51. The fraction of sp³-hybridized carbons (Fsp3) is 0.148. The zero-order valence-electron chi connectivity index (χ0n) is 19.0. The van der Waals surface area contributed by atoms with Crippen LogP contribution in [0.4, 0.5) is 13.2 Å². The van der Waals surface area contributed by atoms with Gasteiger partial charge < -0.3 is 4.57 Å². The second-order valence-electron chi connectivity index (χ2n) is 8.15. The summed E-state index contributed by atoms with van der Waals surface area (Å²) in [6, 6.07) is 19.3. The molecule has 0 aliphatic heterocycles. The van der Waals surface area contributed by atoms with Crippen molar-refractivity contribution in [1.29, 1.82) is 0 Å². The summed E-state index contributed by atoms with van der Waals surface area (Å²) in [7, 11) is 0. The maximum Gasteiger partial charge on any atom is 0.416 e. The van der Waals surface area contributed by atoms with Crippen molar-refractivity contribution >= 4 is 28.0 Å². The van der Waals surface area contributed by atoms with Crippen LogP contribution in [0, 0.1) is 6.92 Å². The molecule has 5 nitrogen and oxygen atoms in total. The maximum absolute atomic E-state index is 13.4. The van der Waals surface area contributed by atoms with Crippen molar-refractivity contribution in [3.8, 4) is 11.4 Å². The second kappa shape index (κ2) is 8.54. The van der Waals surface area contributed by atoms with Crippen LogP contribution in [0.25, 0.3) is 33.2 Å². The van der Waals surface area contributed by atoms with E-state index in [1.807, 2.05) is 38.1 Å². The second-order valence-corrected chi connectivity index (χ2v) is 8.15. The fourth-order valence-electron chi connectivity index (χ4n) is 4.40. The van der Waals surface area contributed by atoms with E-state index in [1.165, 1.54) is 12.1 Å². The topological polar surface area (TPSA) is 52.2 Å². The summed E-state index contributed by atoms with van der Waals surface area (Å²) in [6.45, 7) is 4.77. The summed E-state index contributed by atoms with van der Waals surface area (Å²) in [5, 5.41) is 5.77. The van der Waals surface area contributed by atoms with Gasteiger partial charge in [0.2, 0.25) is 0 Å². The number of fused-ring (bicyclic) bond motifs is 2. The third-order valence-electron chi connectivity index (χ3n) is 6.10. The average Bonchev–Trinajstić information content (AvgIpc) is 3.13. The third-order valence-corrected chi connectivity index (χ3v) is 6.10. The molecule has 2 aromatic heterocycles. The molecule has 0 saturated carbocycles. The Balaban J connectivity index is 1.76. The molecule has 0 amide bonds. The van der Waals surface area contributed by atoms with Crippen LogP contribution in [0.5, 0.6) is 0 Å². The van der Waals surface area contributed by atoms with Crippen molar-refractivity contribution in [1.82, 2.24) is 14.2 Å². The Hall–Kier alpha value is -4.20. The molecule has 0 unspecified atom stereocenters. The van der Waals surface area contributed by atoms with Gasteiger partial charge in [0.15, 0.2) is 5.82 Å². The Morgan fingerprint density at radius 2 is 1.69 bits per heavy atom. The van der Waals surface area contributed by atoms with E-state index in [2.05, 4.69) is 14.7 Å². The third kappa shape index (κ3) is 3.90. The molecule has 0 spiro atoms. The molecule has 8 heteroatoms. The van der Waals surface area contributed by atoms with Crippen LogP contribution in [0.1, 0.15) is 23.7 Å². The first-order valence-electron chi connectivity index (χ1n) is 11.1. The van der Waals surface area contributed by atoms with E-state index < -0.39 is 17.3 Å². The number of halogens is 3. The number of rotatable bonds is 4. The zero-order valence-corrected chi connectivity index (χ0v) is 19.0. The standard InChI is InChI=1S/C27H21F3N4O/c1-3-33-17(2)22(20-11-5-7-14-24(20)33)16-31-34-25(18-9-8-10-19(15-18)27(28,29)30)32-23-13-6-4-12-21(23)26(34)35/h4-16H,3H2,1-2H3. The molecule has 0 bridgehead atoms. The molecule has 0 aliphatic rings. The van der Waals surface area contributed by atoms with Crippen LogP contribution < -0.4 is 5.56 Å². The van der Waals surface area contributed by atoms with E-state index in [1.54, 1.807) is 30.5 Å². The summed E-state index contributed by atoms with van der Waals surface area (Å²) in [5.74, 6) is 0.0351. The predicted molar refractivity (Wildman–Crippen MR) is 132 cm³/mol. The summed E-state index contributed by atoms with van der Waals surface area (Å²) >= 11 is 0. The molecular weight excluding hydrogens is 453 g/mol. The van der Waals surface area contributed by atoms with Crippen molar-refractivity contribution < 1.29 is 13.2 Å². The number of para-hydroxylation sites is 2. The number of benzene rings is 3. The van der Waals surface area contributed by atoms with E-state index in [0.717, 1.165) is 45.5 Å². The SMILES string of the molecule is CCn1c(C)c(C=Nn2c(-c3cccc(C(F)(F)F)c3)nc3ccccc3c2=O)c2ccccc21. The van der Waals surface area contributed by atoms with Gasteiger partial charge in [0.05, 0.1) is 22.7 Å². The number of hydrogen-bond acceptors (Lipinski definition) is 3. The lowest BCUT2D eigenvalue weighted by molar-refractivity contribution is -0.137. The molecule has 0 fully saturated rings. The van der Waals surface area contributed by atoms with Gasteiger partial charge in [-0.05, 0) is 44.2 Å². The van der Waals surface area contributed by atoms with E-state index in [-0.39, 0.29) is 11.4 Å². The summed E-state index contributed by atoms with van der Waals surface area (Å²) in [5.41, 5.74) is 2.09. The number of hydrogen-bond donors (Lipinski definition) is 0. The minimum absolute atomic E-state index is 0.0351. The van der Waals surface area contributed by atoms with Gasteiger partial charge in [-0.2, -0.15) is 22.9 Å². The molecule has 35 heavy (non-hydrogen) atoms. The molecule has 3 aromatic carbocycles. The molecule has 176 valence electrons. The van der Waals surface area contributed by atoms with Gasteiger partial charge in [-0.3, -0.25) is 4.79 Å². The highest BCUT2D eigenvalue weighted by atomic mass is 19.4. The van der Waals surface area contributed by atoms with Crippen LogP contribution >= 0.6 is 0 Å². The van der Waals surface area contributed by atoms with Crippen LogP contribution in [0.2, 0.25) is 0 Å². The van der Waals surface area contributed by atoms with Gasteiger partial charge in [-0.1, -0.05) is 42.5 Å². The molecular formula is C27H21F3N4O. The zero-order chi connectivity index (χ0) is 24.7. The molecule has 0 N–H and O–H groups in total. The maximum atomic E-state index is 13.4. The molecule has 5 rings (SSSR count). The first kappa shape index (κ1) is 22.6. The highest BCUT2D eigenvalue weighted by molar-refractivity contribution is 6.01. The number of alkyl halides is 3. The lowest BCUT2D eigenvalue weighted by atomic mass is 10.1. The van der Waals surface area contributed by atoms with Crippen LogP contribution in [-0.2, 0) is 12.7 Å². The van der Waals surface area contributed by atoms with Gasteiger partial charge in [-0.15, -0.1) is 0 Å². The summed E-state index contributed by atoms with van der Waals surface area (Å²) in [4.78, 5) is 17.9. The number of aryl methyl sites for hydroxylation is 1. The van der Waals surface area contributed by atoms with Crippen LogP contribution in [0.15, 0.2) is 82.7 Å². The first-order valence-corrected chi connectivity index (χ1v) is 11.1. The largest absolute Gasteiger partial charge is 0.416 e. The summed E-state index contributed by atoms with van der Waals surface area (Å²) in [6.07, 6.45) is -2.95. The molecule has 0 radical (unpaired) electrons. The lowest BCUT2D eigenvalue weighted by Gasteiger charge is -2.12. The van der Waals surface area contributed by atoms with Crippen molar-refractivity contribution in [2.45, 2.75) is 26.6 Å². The van der Waals surface area contributed by atoms with Gasteiger partial charge in [0.25, 0.3) is 5.56 Å². The van der Waals surface area contributed by atoms with Gasteiger partial charge in [-0.25, -0.2) is 4.98 Å². The molecule has 0 atom stereocenters. The lowest BCUT2D eigenvalue weighted by Crippen LogP contribution is -2.20. The highest BCUT2D eigenvalue weighted by Crippen LogP contribution is 2.32. The fourth-order valence-corrected chi connectivity index (χ4v) is 4.40. The van der Waals surface area contributed by atoms with Crippen LogP contribution in [0.3, 0.4) is 0 Å². The Labute approximate surface area is 198 Å². The minimum Gasteiger partial charge on any atom is -0.344 e. The minimum atomic E-state index is -4.53. The number of aromatic nitrogens is 3. The van der Waals surface area contributed by atoms with Gasteiger partial charge >= 0.3 is 6.18 Å². The number of nitrogens with zero attached hydrogens (tertiary/aromatic N) is 4. The van der Waals surface area contributed by atoms with Crippen molar-refractivity contribution in [2.75, 3.05) is 0 Å². The molecule has 2 heterocycles. The Morgan fingerprint density at radius 3 is 2.43 bits per heavy atom. The summed E-state index contributed by atoms with van der Waals surface area (Å²) < 4.78 is 43.4. The van der Waals surface area contributed by atoms with Crippen molar-refractivity contribution in [3.05, 3.63) is 100.0 Å². The monoisotopic (exact) mass is 474 g/mol. The average molecular weight is 474 g/mol. The smallest absolute Gasteiger partial charge is 0.344 e. The van der Waals surface area contributed by atoms with E-state index in [9.17, 15) is 18.0 Å². The molecule has 5 aromatic rings. The van der Waals surface area contributed by atoms with Gasteiger partial charge in [0, 0.05) is 34.3 Å². The van der Waals surface area contributed by atoms with Crippen molar-refractivity contribution in [2.24, 2.45) is 5.10 Å². The van der Waals surface area contributed by atoms with Crippen LogP contribution in [-0.4, -0.2) is 20.4 Å². The normalized spacial score (nSPS) is 12.3. The highest BCUT2D eigenvalue weighted by Gasteiger charge is 2.31. The first-order chi connectivity index (χ1) is 16.8. The molecule has 0 aliphatic carbocycles. The van der Waals surface area contributed by atoms with E-state index in [4.69, 9.17) is 0 Å². The predicted octanol–water partition coefficient (Wildman–Crippen LogP) is 6.25. The Bertz CT molecular complexity index is 1660. The van der Waals surface area contributed by atoms with E-state index >= 15 is 0 Å². The quantitative estimate of drug-likeness (QED) is 0.289. The van der Waals surface area contributed by atoms with E-state index in [0.29, 0.717) is 10.9 Å². The van der Waals surface area contributed by atoms with Crippen molar-refractivity contribution in [3.63, 3.8) is 0 Å². The van der Waals surface area contributed by atoms with Gasteiger partial charge in [0.1, 0.15) is 0 Å².